The molecule has 1 aromatic carbocycles. The van der Waals surface area contributed by atoms with Crippen molar-refractivity contribution >= 4 is 5.90 Å². The summed E-state index contributed by atoms with van der Waals surface area (Å²) in [4.78, 5) is 4.45. The number of benzene rings is 1. The molecular formula is C14H17NO5. The number of methoxy groups -OCH3 is 1. The van der Waals surface area contributed by atoms with Crippen LogP contribution in [0.3, 0.4) is 0 Å². The van der Waals surface area contributed by atoms with Crippen LogP contribution in [0.15, 0.2) is 35.3 Å². The van der Waals surface area contributed by atoms with E-state index in [1.54, 1.807) is 0 Å². The second kappa shape index (κ2) is 5.49. The maximum atomic E-state index is 10.2. The van der Waals surface area contributed by atoms with Gasteiger partial charge in [0.2, 0.25) is 5.90 Å². The van der Waals surface area contributed by atoms with Gasteiger partial charge in [0.05, 0.1) is 6.61 Å². The molecule has 5 unspecified atom stereocenters. The van der Waals surface area contributed by atoms with E-state index in [1.807, 2.05) is 30.3 Å². The average molecular weight is 279 g/mol. The summed E-state index contributed by atoms with van der Waals surface area (Å²) in [6, 6.07) is 9.02. The third-order valence-electron chi connectivity index (χ3n) is 3.59. The molecule has 0 amide bonds. The van der Waals surface area contributed by atoms with Gasteiger partial charge < -0.3 is 24.4 Å². The lowest BCUT2D eigenvalue weighted by molar-refractivity contribution is -0.249. The summed E-state index contributed by atoms with van der Waals surface area (Å²) in [5, 5.41) is 19.4. The zero-order valence-corrected chi connectivity index (χ0v) is 11.0. The van der Waals surface area contributed by atoms with E-state index in [1.165, 1.54) is 7.11 Å². The second-order valence-corrected chi connectivity index (χ2v) is 4.83. The van der Waals surface area contributed by atoms with E-state index in [2.05, 4.69) is 4.99 Å². The lowest BCUT2D eigenvalue weighted by Crippen LogP contribution is -2.57. The van der Waals surface area contributed by atoms with Gasteiger partial charge in [-0.25, -0.2) is 4.99 Å². The standard InChI is InChI=1S/C14H17NO5/c1-18-14-10-12(11(17)9(7-16)19-14)20-13(15-10)8-5-3-2-4-6-8/h2-6,9-12,14,16-17H,7H2,1H3. The van der Waals surface area contributed by atoms with Gasteiger partial charge in [0.25, 0.3) is 0 Å². The molecule has 20 heavy (non-hydrogen) atoms. The minimum atomic E-state index is -0.943. The molecule has 6 nitrogen and oxygen atoms in total. The van der Waals surface area contributed by atoms with Crippen LogP contribution in [-0.4, -0.2) is 60.5 Å². The van der Waals surface area contributed by atoms with Crippen molar-refractivity contribution in [3.8, 4) is 0 Å². The zero-order chi connectivity index (χ0) is 14.1. The number of fused-ring (bicyclic) bond motifs is 1. The van der Waals surface area contributed by atoms with Crippen LogP contribution in [0.25, 0.3) is 0 Å². The number of rotatable bonds is 3. The van der Waals surface area contributed by atoms with Crippen LogP contribution >= 0.6 is 0 Å². The third-order valence-corrected chi connectivity index (χ3v) is 3.59. The third kappa shape index (κ3) is 2.20. The second-order valence-electron chi connectivity index (χ2n) is 4.83. The van der Waals surface area contributed by atoms with Crippen LogP contribution in [0.4, 0.5) is 0 Å². The molecule has 0 aliphatic carbocycles. The molecule has 2 aliphatic heterocycles. The fourth-order valence-electron chi connectivity index (χ4n) is 2.54. The number of aliphatic hydroxyl groups excluding tert-OH is 2. The first kappa shape index (κ1) is 13.5. The van der Waals surface area contributed by atoms with E-state index < -0.39 is 30.6 Å². The number of nitrogens with zero attached hydrogens (tertiary/aromatic N) is 1. The lowest BCUT2D eigenvalue weighted by Gasteiger charge is -2.38. The molecule has 0 bridgehead atoms. The molecule has 1 aromatic rings. The number of hydrogen-bond donors (Lipinski definition) is 2. The summed E-state index contributed by atoms with van der Waals surface area (Å²) in [5.41, 5.74) is 0.838. The maximum absolute atomic E-state index is 10.2. The minimum Gasteiger partial charge on any atom is -0.469 e. The van der Waals surface area contributed by atoms with Gasteiger partial charge in [-0.1, -0.05) is 18.2 Å². The van der Waals surface area contributed by atoms with Crippen molar-refractivity contribution in [3.05, 3.63) is 35.9 Å². The summed E-state index contributed by atoms with van der Waals surface area (Å²) in [5.74, 6) is 0.462. The van der Waals surface area contributed by atoms with Crippen molar-refractivity contribution in [2.24, 2.45) is 4.99 Å². The highest BCUT2D eigenvalue weighted by molar-refractivity contribution is 5.95. The molecule has 0 saturated carbocycles. The van der Waals surface area contributed by atoms with E-state index in [0.29, 0.717) is 5.90 Å². The Labute approximate surface area is 116 Å². The van der Waals surface area contributed by atoms with Gasteiger partial charge >= 0.3 is 0 Å². The molecule has 0 aromatic heterocycles. The van der Waals surface area contributed by atoms with Crippen LogP contribution < -0.4 is 0 Å². The van der Waals surface area contributed by atoms with E-state index in [-0.39, 0.29) is 6.61 Å². The van der Waals surface area contributed by atoms with Gasteiger partial charge in [0.15, 0.2) is 12.4 Å². The number of hydrogen-bond acceptors (Lipinski definition) is 6. The first-order chi connectivity index (χ1) is 9.74. The highest BCUT2D eigenvalue weighted by Gasteiger charge is 2.50. The number of aliphatic imine (C=N–C) groups is 1. The summed E-state index contributed by atoms with van der Waals surface area (Å²) in [6.45, 7) is -0.297. The number of aliphatic hydroxyl groups is 2. The van der Waals surface area contributed by atoms with Crippen molar-refractivity contribution in [1.29, 1.82) is 0 Å². The topological polar surface area (TPSA) is 80.5 Å². The Bertz CT molecular complexity index is 492. The zero-order valence-electron chi connectivity index (χ0n) is 11.0. The van der Waals surface area contributed by atoms with Crippen molar-refractivity contribution in [1.82, 2.24) is 0 Å². The largest absolute Gasteiger partial charge is 0.469 e. The van der Waals surface area contributed by atoms with E-state index in [4.69, 9.17) is 14.2 Å². The Balaban J connectivity index is 1.87. The van der Waals surface area contributed by atoms with E-state index in [9.17, 15) is 10.2 Å². The molecule has 1 fully saturated rings. The predicted octanol–water partition coefficient (Wildman–Crippen LogP) is -0.0749. The van der Waals surface area contributed by atoms with Crippen LogP contribution in [0, 0.1) is 0 Å². The highest BCUT2D eigenvalue weighted by Crippen LogP contribution is 2.31. The van der Waals surface area contributed by atoms with E-state index in [0.717, 1.165) is 5.56 Å². The molecule has 0 spiro atoms. The minimum absolute atomic E-state index is 0.297. The molecule has 0 radical (unpaired) electrons. The van der Waals surface area contributed by atoms with Crippen LogP contribution in [0.5, 0.6) is 0 Å². The Hall–Kier alpha value is -1.47. The molecule has 1 saturated heterocycles. The SMILES string of the molecule is COC1OC(CO)C(O)C2OC(c3ccccc3)=NC12. The summed E-state index contributed by atoms with van der Waals surface area (Å²) in [6.07, 6.45) is -2.88. The van der Waals surface area contributed by atoms with Gasteiger partial charge in [0.1, 0.15) is 18.2 Å². The van der Waals surface area contributed by atoms with Gasteiger partial charge in [-0.2, -0.15) is 0 Å². The summed E-state index contributed by atoms with van der Waals surface area (Å²) >= 11 is 0. The Kier molecular flexibility index (Phi) is 3.71. The smallest absolute Gasteiger partial charge is 0.217 e. The Morgan fingerprint density at radius 3 is 2.70 bits per heavy atom. The summed E-state index contributed by atoms with van der Waals surface area (Å²) < 4.78 is 16.5. The molecule has 2 aliphatic rings. The first-order valence-corrected chi connectivity index (χ1v) is 6.51. The molecular weight excluding hydrogens is 262 g/mol. The van der Waals surface area contributed by atoms with Gasteiger partial charge in [0, 0.05) is 12.7 Å². The van der Waals surface area contributed by atoms with E-state index >= 15 is 0 Å². The molecule has 3 rings (SSSR count). The Morgan fingerprint density at radius 2 is 2.05 bits per heavy atom. The Morgan fingerprint density at radius 1 is 1.30 bits per heavy atom. The molecule has 108 valence electrons. The van der Waals surface area contributed by atoms with Crippen LogP contribution in [0.2, 0.25) is 0 Å². The molecule has 2 heterocycles. The van der Waals surface area contributed by atoms with Crippen molar-refractivity contribution in [2.75, 3.05) is 13.7 Å². The maximum Gasteiger partial charge on any atom is 0.217 e. The van der Waals surface area contributed by atoms with Gasteiger partial charge in [-0.3, -0.25) is 0 Å². The normalized spacial score (nSPS) is 36.1. The van der Waals surface area contributed by atoms with Crippen molar-refractivity contribution in [2.45, 2.75) is 30.6 Å². The molecule has 6 heteroatoms. The first-order valence-electron chi connectivity index (χ1n) is 6.51. The molecule has 2 N–H and O–H groups in total. The molecule has 5 atom stereocenters. The van der Waals surface area contributed by atoms with Crippen molar-refractivity contribution < 1.29 is 24.4 Å². The fourth-order valence-corrected chi connectivity index (χ4v) is 2.54. The fraction of sp³-hybridized carbons (Fsp3) is 0.500. The van der Waals surface area contributed by atoms with Crippen LogP contribution in [-0.2, 0) is 14.2 Å². The van der Waals surface area contributed by atoms with Gasteiger partial charge in [-0.05, 0) is 12.1 Å². The average Bonchev–Trinajstić information content (AvgIpc) is 2.94. The van der Waals surface area contributed by atoms with Crippen molar-refractivity contribution in [3.63, 3.8) is 0 Å². The predicted molar refractivity (Wildman–Crippen MR) is 70.4 cm³/mol. The lowest BCUT2D eigenvalue weighted by atomic mass is 9.98. The van der Waals surface area contributed by atoms with Gasteiger partial charge in [-0.15, -0.1) is 0 Å². The number of ether oxygens (including phenoxy) is 3. The monoisotopic (exact) mass is 279 g/mol. The van der Waals surface area contributed by atoms with Crippen LogP contribution in [0.1, 0.15) is 5.56 Å². The summed E-state index contributed by atoms with van der Waals surface area (Å²) in [7, 11) is 1.50. The quantitative estimate of drug-likeness (QED) is 0.809. The highest BCUT2D eigenvalue weighted by atomic mass is 16.7.